The molecule has 0 unspecified atom stereocenters. The van der Waals surface area contributed by atoms with Gasteiger partial charge in [0.1, 0.15) is 52.7 Å². The lowest BCUT2D eigenvalue weighted by molar-refractivity contribution is 0.101. The van der Waals surface area contributed by atoms with Gasteiger partial charge in [-0.3, -0.25) is 29.1 Å². The number of nitrogens with zero attached hydrogens (tertiary/aromatic N) is 22. The number of carbonyl (C=O) groups excluding carboxylic acids is 4. The van der Waals surface area contributed by atoms with E-state index in [4.69, 9.17) is 4.74 Å². The van der Waals surface area contributed by atoms with Crippen LogP contribution in [0, 0.1) is 58.1 Å². The molecule has 8 aromatic carbocycles. The van der Waals surface area contributed by atoms with Crippen molar-refractivity contribution >= 4 is 78.2 Å². The van der Waals surface area contributed by atoms with Gasteiger partial charge in [-0.25, -0.2) is 43.1 Å². The zero-order valence-electron chi connectivity index (χ0n) is 70.9. The van der Waals surface area contributed by atoms with E-state index in [9.17, 15) is 44.6 Å². The van der Waals surface area contributed by atoms with Crippen LogP contribution in [0.3, 0.4) is 0 Å². The molecule has 4 N–H and O–H groups in total. The van der Waals surface area contributed by atoms with Gasteiger partial charge in [0.15, 0.2) is 0 Å². The zero-order valence-corrected chi connectivity index (χ0v) is 74.1. The molecule has 0 aliphatic heterocycles. The van der Waals surface area contributed by atoms with Gasteiger partial charge >= 0.3 is 0 Å². The number of hydrogen-bond acceptors (Lipinski definition) is 23. The Hall–Kier alpha value is -16.7. The van der Waals surface area contributed by atoms with E-state index in [2.05, 4.69) is 149 Å². The lowest BCUT2D eigenvalue weighted by Crippen LogP contribution is -2.16. The zero-order chi connectivity index (χ0) is 91.9. The van der Waals surface area contributed by atoms with Crippen molar-refractivity contribution in [3.05, 3.63) is 340 Å². The van der Waals surface area contributed by atoms with Gasteiger partial charge < -0.3 is 26.0 Å². The summed E-state index contributed by atoms with van der Waals surface area (Å²) >= 11 is 7.04. The third-order valence-corrected chi connectivity index (χ3v) is 22.3. The number of aryl methyl sites for hydroxylation is 1. The molecule has 1 aliphatic rings. The normalized spacial score (nSPS) is 11.7. The Labute approximate surface area is 761 Å². The second-order valence-electron chi connectivity index (χ2n) is 31.3. The first-order valence-corrected chi connectivity index (χ1v) is 41.6. The van der Waals surface area contributed by atoms with Crippen LogP contribution in [0.4, 0.5) is 27.1 Å². The Morgan fingerprint density at radius 2 is 0.777 bits per heavy atom. The second-order valence-corrected chi connectivity index (χ2v) is 33.1. The predicted molar refractivity (Wildman–Crippen MR) is 491 cm³/mol. The molecule has 1 saturated carbocycles. The van der Waals surface area contributed by atoms with Gasteiger partial charge in [-0.2, -0.15) is 21.0 Å². The summed E-state index contributed by atoms with van der Waals surface area (Å²) < 4.78 is 27.4. The van der Waals surface area contributed by atoms with Crippen molar-refractivity contribution in [1.29, 1.82) is 21.0 Å². The molecule has 8 heterocycles. The van der Waals surface area contributed by atoms with Crippen LogP contribution < -0.4 is 26.0 Å². The molecule has 642 valence electrons. The van der Waals surface area contributed by atoms with Gasteiger partial charge in [-0.05, 0) is 254 Å². The van der Waals surface area contributed by atoms with Crippen molar-refractivity contribution in [2.45, 2.75) is 83.0 Å². The third-order valence-electron chi connectivity index (χ3n) is 21.0. The minimum atomic E-state index is -0.702. The highest BCUT2D eigenvalue weighted by atomic mass is 79.9. The molecule has 0 atom stereocenters. The fraction of sp³-hybridized carbons (Fsp3) is 0.146. The van der Waals surface area contributed by atoms with Crippen LogP contribution in [-0.4, -0.2) is 121 Å². The maximum absolute atomic E-state index is 14.6. The Bertz CT molecular complexity index is 6610. The van der Waals surface area contributed by atoms with Crippen LogP contribution in [0.25, 0.3) is 67.8 Å². The summed E-state index contributed by atoms with van der Waals surface area (Å²) in [5.41, 5.74) is 13.6. The van der Waals surface area contributed by atoms with Crippen molar-refractivity contribution in [3.8, 4) is 97.8 Å². The number of ether oxygens (including phenoxy) is 1. The molecule has 0 radical (unpaired) electrons. The van der Waals surface area contributed by atoms with Crippen LogP contribution >= 0.6 is 31.9 Å². The highest BCUT2D eigenvalue weighted by Crippen LogP contribution is 2.48. The summed E-state index contributed by atoms with van der Waals surface area (Å²) in [5, 5.41) is 82.4. The number of anilines is 4. The largest absolute Gasteiger partial charge is 0.495 e. The standard InChI is InChI=1S/C25H21FN6O2.C24H19BrN6O.C24H19N7O.C23H18BrN7O/c1-25(2,15-27)18-5-4-6-19(11-18)29-24(33)16-7-8-21(26)23(10-16)32-14-22(30-31-32)17-9-20(34-3)13-28-12-17;1-24(2,15-26)18-6-3-7-19(12-18)28-23(32)16-8-9-20(25)22(11-16)31-14-21(29-30-31)17-5-4-10-27-13-17;1-16-5-6-17(9-22(16)31-13-21(29-30-31)18-11-26-15-27-12-18)23(32)28-20-4-2-3-19(10-20)24(14-25)7-8-24;1-23(2,13-25)17-4-3-5-18(9-17)28-22(32)15-6-7-19(24)21(8-15)31-12-20(29-30-31)16-10-26-14-27-11-16/h4-14H,1-3H3,(H,29,33);3-14H,1-2H3,(H,28,32);2-6,9-13,15H,7-8H2,1H3,(H,28,32);3-12,14H,1-2H3,(H,28,32). The minimum Gasteiger partial charge on any atom is -0.495 e. The molecular formula is C96H77Br2FN26O5. The first kappa shape index (κ1) is 89.6. The highest BCUT2D eigenvalue weighted by Gasteiger charge is 2.45. The number of aromatic nitrogens is 18. The van der Waals surface area contributed by atoms with Crippen LogP contribution in [0.15, 0.2) is 284 Å². The molecule has 4 amide bonds. The summed E-state index contributed by atoms with van der Waals surface area (Å²) in [7, 11) is 1.53. The molecule has 0 bridgehead atoms. The number of pyridine rings is 2. The number of benzene rings is 8. The number of rotatable bonds is 21. The molecule has 31 nitrogen and oxygen atoms in total. The second kappa shape index (κ2) is 39.2. The monoisotopic (exact) mass is 1850 g/mol. The van der Waals surface area contributed by atoms with E-state index in [1.165, 1.54) is 42.6 Å². The van der Waals surface area contributed by atoms with Gasteiger partial charge in [-0.1, -0.05) is 75.5 Å². The number of nitriles is 4. The van der Waals surface area contributed by atoms with Gasteiger partial charge in [0.2, 0.25) is 0 Å². The molecule has 130 heavy (non-hydrogen) atoms. The number of carbonyl (C=O) groups is 4. The summed E-state index contributed by atoms with van der Waals surface area (Å²) in [6.45, 7) is 12.9. The van der Waals surface area contributed by atoms with Crippen molar-refractivity contribution in [1.82, 2.24) is 89.9 Å². The van der Waals surface area contributed by atoms with Crippen LogP contribution in [0.5, 0.6) is 5.75 Å². The first-order valence-electron chi connectivity index (χ1n) is 40.1. The molecule has 16 aromatic rings. The number of methoxy groups -OCH3 is 1. The van der Waals surface area contributed by atoms with Crippen molar-refractivity contribution in [2.24, 2.45) is 0 Å². The third kappa shape index (κ3) is 21.3. The van der Waals surface area contributed by atoms with E-state index in [-0.39, 0.29) is 29.0 Å². The summed E-state index contributed by atoms with van der Waals surface area (Å²) in [6, 6.07) is 63.8. The van der Waals surface area contributed by atoms with Gasteiger partial charge in [0.05, 0.1) is 101 Å². The smallest absolute Gasteiger partial charge is 0.255 e. The van der Waals surface area contributed by atoms with Crippen molar-refractivity contribution in [3.63, 3.8) is 0 Å². The predicted octanol–water partition coefficient (Wildman–Crippen LogP) is 18.1. The Balaban J connectivity index is 0.000000140. The topological polar surface area (TPSA) is 421 Å². The number of nitrogens with one attached hydrogen (secondary N) is 4. The molecule has 17 rings (SSSR count). The first-order chi connectivity index (χ1) is 62.6. The molecule has 0 saturated heterocycles. The van der Waals surface area contributed by atoms with E-state index in [1.807, 2.05) is 120 Å². The molecule has 8 aromatic heterocycles. The maximum Gasteiger partial charge on any atom is 0.255 e. The van der Waals surface area contributed by atoms with Gasteiger partial charge in [0.25, 0.3) is 23.6 Å². The van der Waals surface area contributed by atoms with E-state index >= 15 is 0 Å². The Morgan fingerprint density at radius 1 is 0.408 bits per heavy atom. The SMILES string of the molecule is CC(C)(C#N)c1cccc(NC(=O)c2ccc(Br)c(-n3cc(-c4cccnc4)nn3)c2)c1.CC(C)(C#N)c1cccc(NC(=O)c2ccc(Br)c(-n3cc(-c4cncnc4)nn3)c2)c1.COc1cncc(-c2cn(-c3cc(C(=O)Nc4cccc(C(C)(C)C#N)c4)ccc3F)nn2)c1.Cc1ccc(C(=O)Nc2cccc(C3(C#N)CC3)c2)cc1-n1cc(-c2cncnc2)nn1. The van der Waals surface area contributed by atoms with E-state index < -0.39 is 33.4 Å². The van der Waals surface area contributed by atoms with Crippen LogP contribution in [0.1, 0.15) is 124 Å². The van der Waals surface area contributed by atoms with Crippen molar-refractivity contribution in [2.75, 3.05) is 28.4 Å². The molecule has 1 aliphatic carbocycles. The fourth-order valence-electron chi connectivity index (χ4n) is 13.0. The maximum atomic E-state index is 14.6. The Morgan fingerprint density at radius 3 is 1.19 bits per heavy atom. The van der Waals surface area contributed by atoms with E-state index in [0.29, 0.717) is 84.9 Å². The fourth-order valence-corrected chi connectivity index (χ4v) is 13.9. The van der Waals surface area contributed by atoms with Crippen molar-refractivity contribution < 1.29 is 28.3 Å². The Kier molecular flexibility index (Phi) is 27.0. The molecule has 34 heteroatoms. The van der Waals surface area contributed by atoms with E-state index in [1.54, 1.807) is 187 Å². The molecule has 1 fully saturated rings. The number of hydrogen-bond donors (Lipinski definition) is 4. The summed E-state index contributed by atoms with van der Waals surface area (Å²) in [5.74, 6) is -1.21. The highest BCUT2D eigenvalue weighted by molar-refractivity contribution is 9.11. The van der Waals surface area contributed by atoms with Gasteiger partial charge in [0, 0.05) is 120 Å². The summed E-state index contributed by atoms with van der Waals surface area (Å²) in [6.07, 6.45) is 24.7. The molecule has 0 spiro atoms. The number of amides is 4. The lowest BCUT2D eigenvalue weighted by Gasteiger charge is -2.17. The van der Waals surface area contributed by atoms with Crippen LogP contribution in [-0.2, 0) is 21.7 Å². The quantitative estimate of drug-likeness (QED) is 0.0519. The number of halogens is 3. The lowest BCUT2D eigenvalue weighted by atomic mass is 9.86. The van der Waals surface area contributed by atoms with Crippen LogP contribution in [0.2, 0.25) is 0 Å². The molecular weight excluding hydrogens is 1780 g/mol. The average molecular weight is 1850 g/mol. The van der Waals surface area contributed by atoms with E-state index in [0.717, 1.165) is 72.0 Å². The average Bonchev–Trinajstić information content (AvgIpc) is 1.62. The van der Waals surface area contributed by atoms with Gasteiger partial charge in [-0.15, -0.1) is 20.4 Å². The minimum absolute atomic E-state index is 0.0709. The summed E-state index contributed by atoms with van der Waals surface area (Å²) in [4.78, 5) is 75.9.